The average Bonchev–Trinajstić information content (AvgIpc) is 3.03. The van der Waals surface area contributed by atoms with Gasteiger partial charge in [-0.15, -0.1) is 0 Å². The number of pyridine rings is 1. The van der Waals surface area contributed by atoms with Gasteiger partial charge in [0.1, 0.15) is 12.4 Å². The summed E-state index contributed by atoms with van der Waals surface area (Å²) in [7, 11) is 0. The molecule has 3 aromatic rings. The number of nitrogens with zero attached hydrogens (tertiary/aromatic N) is 1. The van der Waals surface area contributed by atoms with E-state index in [0.29, 0.717) is 12.4 Å². The molecule has 0 saturated carbocycles. The van der Waals surface area contributed by atoms with Crippen LogP contribution in [0.3, 0.4) is 0 Å². The maximum absolute atomic E-state index is 11.5. The minimum absolute atomic E-state index is 0.105. The zero-order chi connectivity index (χ0) is 18.7. The van der Waals surface area contributed by atoms with Crippen molar-refractivity contribution in [1.29, 1.82) is 0 Å². The highest BCUT2D eigenvalue weighted by molar-refractivity contribution is 5.87. The topological polar surface area (TPSA) is 67.0 Å². The molecule has 2 heterocycles. The molecule has 0 radical (unpaired) electrons. The summed E-state index contributed by atoms with van der Waals surface area (Å²) in [5, 5.41) is 4.04. The Labute approximate surface area is 153 Å². The number of nitrogens with one attached hydrogen (secondary N) is 2. The number of anilines is 1. The van der Waals surface area contributed by atoms with Crippen LogP contribution in [-0.4, -0.2) is 29.1 Å². The summed E-state index contributed by atoms with van der Waals surface area (Å²) < 4.78 is 4.92. The summed E-state index contributed by atoms with van der Waals surface area (Å²) in [6, 6.07) is 12.6. The van der Waals surface area contributed by atoms with Crippen molar-refractivity contribution >= 4 is 22.7 Å². The van der Waals surface area contributed by atoms with E-state index >= 15 is 0 Å². The van der Waals surface area contributed by atoms with Crippen molar-refractivity contribution in [2.24, 2.45) is 0 Å². The van der Waals surface area contributed by atoms with Crippen molar-refractivity contribution in [3.05, 3.63) is 48.2 Å². The second-order valence-corrected chi connectivity index (χ2v) is 7.33. The molecule has 0 aliphatic heterocycles. The third-order valence-corrected chi connectivity index (χ3v) is 4.26. The number of benzene rings is 1. The number of aromatic nitrogens is 2. The van der Waals surface area contributed by atoms with Crippen LogP contribution < -0.4 is 5.32 Å². The highest BCUT2D eigenvalue weighted by Gasteiger charge is 2.14. The number of fused-ring (bicyclic) bond motifs is 1. The standard InChI is InChI=1S/C21H25N3O2/c1-5-26-20(25)13-23-19-11-15-10-17(24-18(15)12-22-19)14-7-6-8-16(9-14)21(2,3)4/h6-12,24H,5,13H2,1-4H3,(H,22,23). The first-order valence-corrected chi connectivity index (χ1v) is 8.86. The number of esters is 1. The summed E-state index contributed by atoms with van der Waals surface area (Å²) in [4.78, 5) is 19.2. The highest BCUT2D eigenvalue weighted by Crippen LogP contribution is 2.29. The van der Waals surface area contributed by atoms with Gasteiger partial charge in [-0.3, -0.25) is 4.79 Å². The van der Waals surface area contributed by atoms with Gasteiger partial charge in [-0.2, -0.15) is 0 Å². The molecule has 0 amide bonds. The predicted molar refractivity (Wildman–Crippen MR) is 105 cm³/mol. The molecule has 136 valence electrons. The fourth-order valence-electron chi connectivity index (χ4n) is 2.81. The van der Waals surface area contributed by atoms with Crippen molar-refractivity contribution in [1.82, 2.24) is 9.97 Å². The second kappa shape index (κ2) is 7.20. The lowest BCUT2D eigenvalue weighted by molar-refractivity contribution is -0.140. The van der Waals surface area contributed by atoms with Gasteiger partial charge in [-0.25, -0.2) is 4.98 Å². The number of carbonyl (C=O) groups is 1. The molecule has 5 heteroatoms. The molecule has 0 atom stereocenters. The molecule has 1 aromatic carbocycles. The lowest BCUT2D eigenvalue weighted by atomic mass is 9.86. The Morgan fingerprint density at radius 1 is 1.23 bits per heavy atom. The van der Waals surface area contributed by atoms with Gasteiger partial charge < -0.3 is 15.0 Å². The molecule has 0 fully saturated rings. The maximum Gasteiger partial charge on any atom is 0.325 e. The van der Waals surface area contributed by atoms with Gasteiger partial charge in [-0.05, 0) is 41.7 Å². The van der Waals surface area contributed by atoms with E-state index in [1.54, 1.807) is 13.1 Å². The van der Waals surface area contributed by atoms with Gasteiger partial charge in [0.25, 0.3) is 0 Å². The first-order chi connectivity index (χ1) is 12.4. The van der Waals surface area contributed by atoms with E-state index < -0.39 is 0 Å². The maximum atomic E-state index is 11.5. The van der Waals surface area contributed by atoms with Crippen LogP contribution in [-0.2, 0) is 14.9 Å². The summed E-state index contributed by atoms with van der Waals surface area (Å²) in [6.07, 6.45) is 1.78. The molecule has 0 spiro atoms. The van der Waals surface area contributed by atoms with E-state index in [1.807, 2.05) is 6.07 Å². The van der Waals surface area contributed by atoms with E-state index in [2.05, 4.69) is 66.4 Å². The van der Waals surface area contributed by atoms with E-state index in [-0.39, 0.29) is 17.9 Å². The van der Waals surface area contributed by atoms with E-state index in [4.69, 9.17) is 4.74 Å². The molecule has 2 N–H and O–H groups in total. The van der Waals surface area contributed by atoms with E-state index in [0.717, 1.165) is 22.2 Å². The normalized spacial score (nSPS) is 11.5. The lowest BCUT2D eigenvalue weighted by Crippen LogP contribution is -2.17. The van der Waals surface area contributed by atoms with Crippen molar-refractivity contribution in [2.75, 3.05) is 18.5 Å². The van der Waals surface area contributed by atoms with Crippen LogP contribution in [0.5, 0.6) is 0 Å². The number of carbonyl (C=O) groups excluding carboxylic acids is 1. The van der Waals surface area contributed by atoms with Gasteiger partial charge in [0.2, 0.25) is 0 Å². The van der Waals surface area contributed by atoms with Gasteiger partial charge >= 0.3 is 5.97 Å². The van der Waals surface area contributed by atoms with Crippen LogP contribution in [0, 0.1) is 0 Å². The molecule has 26 heavy (non-hydrogen) atoms. The molecular formula is C21H25N3O2. The fourth-order valence-corrected chi connectivity index (χ4v) is 2.81. The zero-order valence-corrected chi connectivity index (χ0v) is 15.7. The SMILES string of the molecule is CCOC(=O)CNc1cc2cc(-c3cccc(C(C)(C)C)c3)[nH]c2cn1. The van der Waals surface area contributed by atoms with Crippen LogP contribution in [0.4, 0.5) is 5.82 Å². The van der Waals surface area contributed by atoms with Crippen LogP contribution in [0.15, 0.2) is 42.6 Å². The molecule has 0 unspecified atom stereocenters. The first-order valence-electron chi connectivity index (χ1n) is 8.86. The third-order valence-electron chi connectivity index (χ3n) is 4.26. The number of hydrogen-bond donors (Lipinski definition) is 2. The van der Waals surface area contributed by atoms with Crippen LogP contribution in [0.1, 0.15) is 33.3 Å². The van der Waals surface area contributed by atoms with E-state index in [9.17, 15) is 4.79 Å². The third kappa shape index (κ3) is 4.04. The number of hydrogen-bond acceptors (Lipinski definition) is 4. The van der Waals surface area contributed by atoms with Crippen molar-refractivity contribution in [2.45, 2.75) is 33.1 Å². The van der Waals surface area contributed by atoms with Crippen molar-refractivity contribution in [3.8, 4) is 11.3 Å². The van der Waals surface area contributed by atoms with Crippen LogP contribution >= 0.6 is 0 Å². The Morgan fingerprint density at radius 3 is 2.77 bits per heavy atom. The molecule has 0 aliphatic rings. The Kier molecular flexibility index (Phi) is 4.98. The van der Waals surface area contributed by atoms with Crippen molar-refractivity contribution in [3.63, 3.8) is 0 Å². The van der Waals surface area contributed by atoms with Crippen molar-refractivity contribution < 1.29 is 9.53 Å². The first kappa shape index (κ1) is 18.0. The second-order valence-electron chi connectivity index (χ2n) is 7.33. The summed E-state index contributed by atoms with van der Waals surface area (Å²) >= 11 is 0. The molecule has 0 saturated heterocycles. The Hall–Kier alpha value is -2.82. The predicted octanol–water partition coefficient (Wildman–Crippen LogP) is 4.50. The largest absolute Gasteiger partial charge is 0.465 e. The number of H-pyrrole nitrogens is 1. The summed E-state index contributed by atoms with van der Waals surface area (Å²) in [5.74, 6) is 0.364. The average molecular weight is 351 g/mol. The summed E-state index contributed by atoms with van der Waals surface area (Å²) in [5.41, 5.74) is 4.56. The molecule has 5 nitrogen and oxygen atoms in total. The van der Waals surface area contributed by atoms with Gasteiger partial charge in [0.15, 0.2) is 0 Å². The van der Waals surface area contributed by atoms with Gasteiger partial charge in [0, 0.05) is 11.1 Å². The van der Waals surface area contributed by atoms with Crippen LogP contribution in [0.25, 0.3) is 22.2 Å². The number of rotatable bonds is 5. The number of aromatic amines is 1. The smallest absolute Gasteiger partial charge is 0.325 e. The molecular weight excluding hydrogens is 326 g/mol. The Balaban J connectivity index is 1.85. The molecule has 3 rings (SSSR count). The monoisotopic (exact) mass is 351 g/mol. The zero-order valence-electron chi connectivity index (χ0n) is 15.7. The minimum Gasteiger partial charge on any atom is -0.465 e. The molecule has 0 bridgehead atoms. The minimum atomic E-state index is -0.289. The molecule has 0 aliphatic carbocycles. The fraction of sp³-hybridized carbons (Fsp3) is 0.333. The van der Waals surface area contributed by atoms with Gasteiger partial charge in [0.05, 0.1) is 18.3 Å². The van der Waals surface area contributed by atoms with Gasteiger partial charge in [-0.1, -0.05) is 39.0 Å². The quantitative estimate of drug-likeness (QED) is 0.664. The Morgan fingerprint density at radius 2 is 2.04 bits per heavy atom. The summed E-state index contributed by atoms with van der Waals surface area (Å²) in [6.45, 7) is 8.91. The Bertz CT molecular complexity index is 922. The number of ether oxygens (including phenoxy) is 1. The van der Waals surface area contributed by atoms with E-state index in [1.165, 1.54) is 5.56 Å². The highest BCUT2D eigenvalue weighted by atomic mass is 16.5. The van der Waals surface area contributed by atoms with Crippen LogP contribution in [0.2, 0.25) is 0 Å². The molecule has 2 aromatic heterocycles. The lowest BCUT2D eigenvalue weighted by Gasteiger charge is -2.19.